The van der Waals surface area contributed by atoms with E-state index in [2.05, 4.69) is 112 Å². The zero-order chi connectivity index (χ0) is 17.8. The third-order valence-electron chi connectivity index (χ3n) is 5.36. The summed E-state index contributed by atoms with van der Waals surface area (Å²) in [6.45, 7) is 0. The third-order valence-corrected chi connectivity index (χ3v) is 5.36. The monoisotopic (exact) mass is 347 g/mol. The molecule has 0 aliphatic rings. The lowest BCUT2D eigenvalue weighted by atomic mass is 10.2. The fourth-order valence-electron chi connectivity index (χ4n) is 4.16. The molecule has 0 bridgehead atoms. The topological polar surface area (TPSA) is 21.9 Å². The van der Waals surface area contributed by atoms with Crippen LogP contribution in [-0.2, 0) is 0 Å². The zero-order valence-electron chi connectivity index (χ0n) is 14.6. The van der Waals surface area contributed by atoms with Gasteiger partial charge in [-0.25, -0.2) is 14.9 Å². The van der Waals surface area contributed by atoms with Crippen molar-refractivity contribution in [3.05, 3.63) is 97.1 Å². The second-order valence-electron chi connectivity index (χ2n) is 6.84. The Balaban J connectivity index is 1.70. The fourth-order valence-corrected chi connectivity index (χ4v) is 4.16. The van der Waals surface area contributed by atoms with Gasteiger partial charge < -0.3 is 0 Å². The Morgan fingerprint density at radius 1 is 0.370 bits per heavy atom. The van der Waals surface area contributed by atoms with Crippen LogP contribution in [0.1, 0.15) is 0 Å². The van der Waals surface area contributed by atoms with Crippen molar-refractivity contribution >= 4 is 43.6 Å². The highest BCUT2D eigenvalue weighted by Crippen LogP contribution is 2.30. The SMILES string of the molecule is c1ccc2c(c1)c1ccccc1n2Nn1c2ccccc2c2ccccc21. The molecule has 2 heterocycles. The van der Waals surface area contributed by atoms with Crippen LogP contribution in [0.3, 0.4) is 0 Å². The first-order chi connectivity index (χ1) is 13.4. The molecule has 0 saturated heterocycles. The van der Waals surface area contributed by atoms with E-state index < -0.39 is 0 Å². The van der Waals surface area contributed by atoms with E-state index in [1.54, 1.807) is 0 Å². The number of benzene rings is 4. The predicted molar refractivity (Wildman–Crippen MR) is 114 cm³/mol. The lowest BCUT2D eigenvalue weighted by Gasteiger charge is -2.14. The van der Waals surface area contributed by atoms with Crippen LogP contribution in [0.2, 0.25) is 0 Å². The van der Waals surface area contributed by atoms with Crippen molar-refractivity contribution in [1.82, 2.24) is 9.35 Å². The first kappa shape index (κ1) is 14.4. The second-order valence-corrected chi connectivity index (χ2v) is 6.84. The van der Waals surface area contributed by atoms with Gasteiger partial charge in [0, 0.05) is 21.5 Å². The molecule has 4 aromatic carbocycles. The molecule has 3 heteroatoms. The normalized spacial score (nSPS) is 11.7. The van der Waals surface area contributed by atoms with Gasteiger partial charge in [0.15, 0.2) is 0 Å². The van der Waals surface area contributed by atoms with Crippen molar-refractivity contribution in [2.45, 2.75) is 0 Å². The van der Waals surface area contributed by atoms with Crippen LogP contribution in [0.15, 0.2) is 97.1 Å². The molecule has 0 aliphatic carbocycles. The fraction of sp³-hybridized carbons (Fsp3) is 0. The van der Waals surface area contributed by atoms with Crippen molar-refractivity contribution in [3.63, 3.8) is 0 Å². The van der Waals surface area contributed by atoms with Crippen molar-refractivity contribution in [2.24, 2.45) is 0 Å². The number of nitrogens with zero attached hydrogens (tertiary/aromatic N) is 2. The molecule has 6 aromatic rings. The molecule has 27 heavy (non-hydrogen) atoms. The van der Waals surface area contributed by atoms with Gasteiger partial charge in [-0.1, -0.05) is 72.8 Å². The average molecular weight is 347 g/mol. The second kappa shape index (κ2) is 5.39. The Morgan fingerprint density at radius 2 is 0.630 bits per heavy atom. The highest BCUT2D eigenvalue weighted by Gasteiger charge is 2.13. The molecule has 3 nitrogen and oxygen atoms in total. The average Bonchev–Trinajstić information content (AvgIpc) is 3.23. The summed E-state index contributed by atoms with van der Waals surface area (Å²) in [5.41, 5.74) is 8.34. The number of fused-ring (bicyclic) bond motifs is 6. The standard InChI is InChI=1S/C24H17N3/c1-5-13-21-17(9-1)18-10-2-6-14-22(18)26(21)25-27-23-15-7-3-11-19(23)20-12-4-8-16-24(20)27/h1-16,25H. The van der Waals surface area contributed by atoms with Crippen molar-refractivity contribution in [2.75, 3.05) is 5.53 Å². The summed E-state index contributed by atoms with van der Waals surface area (Å²) in [4.78, 5) is 0. The van der Waals surface area contributed by atoms with Gasteiger partial charge in [0.1, 0.15) is 0 Å². The molecule has 0 aliphatic heterocycles. The van der Waals surface area contributed by atoms with Crippen LogP contribution in [0, 0.1) is 0 Å². The van der Waals surface area contributed by atoms with Gasteiger partial charge in [-0.15, -0.1) is 0 Å². The minimum atomic E-state index is 1.17. The number of para-hydroxylation sites is 4. The molecule has 0 atom stereocenters. The van der Waals surface area contributed by atoms with Crippen LogP contribution in [0.4, 0.5) is 0 Å². The lowest BCUT2D eigenvalue weighted by molar-refractivity contribution is 0.839. The molecular weight excluding hydrogens is 330 g/mol. The molecule has 2 aromatic heterocycles. The summed E-state index contributed by atoms with van der Waals surface area (Å²) in [6.07, 6.45) is 0. The maximum absolute atomic E-state index is 3.67. The molecule has 0 spiro atoms. The van der Waals surface area contributed by atoms with E-state index >= 15 is 0 Å². The minimum Gasteiger partial charge on any atom is -0.240 e. The van der Waals surface area contributed by atoms with Gasteiger partial charge in [-0.3, -0.25) is 0 Å². The Kier molecular flexibility index (Phi) is 2.88. The first-order valence-electron chi connectivity index (χ1n) is 9.15. The largest absolute Gasteiger partial charge is 0.240 e. The summed E-state index contributed by atoms with van der Waals surface area (Å²) >= 11 is 0. The molecule has 1 N–H and O–H groups in total. The predicted octanol–water partition coefficient (Wildman–Crippen LogP) is 5.91. The lowest BCUT2D eigenvalue weighted by Crippen LogP contribution is -2.20. The number of hydrogen-bond donors (Lipinski definition) is 1. The molecule has 0 saturated carbocycles. The Bertz CT molecular complexity index is 1230. The van der Waals surface area contributed by atoms with Crippen molar-refractivity contribution in [3.8, 4) is 0 Å². The van der Waals surface area contributed by atoms with E-state index in [4.69, 9.17) is 0 Å². The number of hydrogen-bond acceptors (Lipinski definition) is 1. The summed E-state index contributed by atoms with van der Waals surface area (Å²) < 4.78 is 4.37. The molecular formula is C24H17N3. The van der Waals surface area contributed by atoms with Crippen LogP contribution in [0.5, 0.6) is 0 Å². The van der Waals surface area contributed by atoms with E-state index in [0.717, 1.165) is 0 Å². The first-order valence-corrected chi connectivity index (χ1v) is 9.15. The Labute approximate surface area is 156 Å². The molecule has 6 rings (SSSR count). The number of rotatable bonds is 2. The van der Waals surface area contributed by atoms with Crippen molar-refractivity contribution in [1.29, 1.82) is 0 Å². The number of nitrogens with one attached hydrogen (secondary N) is 1. The van der Waals surface area contributed by atoms with Gasteiger partial charge in [0.05, 0.1) is 22.1 Å². The van der Waals surface area contributed by atoms with Crippen molar-refractivity contribution < 1.29 is 0 Å². The van der Waals surface area contributed by atoms with E-state index in [1.165, 1.54) is 43.6 Å². The summed E-state index contributed by atoms with van der Waals surface area (Å²) in [5, 5.41) is 5.01. The number of aromatic nitrogens is 2. The minimum absolute atomic E-state index is 1.17. The van der Waals surface area contributed by atoms with Crippen LogP contribution >= 0.6 is 0 Å². The van der Waals surface area contributed by atoms with Gasteiger partial charge in [-0.05, 0) is 24.3 Å². The smallest absolute Gasteiger partial charge is 0.0725 e. The van der Waals surface area contributed by atoms with Crippen LogP contribution in [-0.4, -0.2) is 9.35 Å². The van der Waals surface area contributed by atoms with Gasteiger partial charge >= 0.3 is 0 Å². The van der Waals surface area contributed by atoms with Gasteiger partial charge in [-0.2, -0.15) is 0 Å². The zero-order valence-corrected chi connectivity index (χ0v) is 14.6. The third kappa shape index (κ3) is 1.97. The van der Waals surface area contributed by atoms with E-state index in [-0.39, 0.29) is 0 Å². The highest BCUT2D eigenvalue weighted by molar-refractivity contribution is 6.10. The summed E-state index contributed by atoms with van der Waals surface area (Å²) in [7, 11) is 0. The van der Waals surface area contributed by atoms with E-state index in [0.29, 0.717) is 0 Å². The highest BCUT2D eigenvalue weighted by atomic mass is 15.6. The van der Waals surface area contributed by atoms with Gasteiger partial charge in [0.2, 0.25) is 0 Å². The molecule has 0 fully saturated rings. The summed E-state index contributed by atoms with van der Waals surface area (Å²) in [6, 6.07) is 34.1. The summed E-state index contributed by atoms with van der Waals surface area (Å²) in [5.74, 6) is 0. The van der Waals surface area contributed by atoms with Crippen LogP contribution in [0.25, 0.3) is 43.6 Å². The maximum Gasteiger partial charge on any atom is 0.0725 e. The Morgan fingerprint density at radius 3 is 0.926 bits per heavy atom. The van der Waals surface area contributed by atoms with E-state index in [9.17, 15) is 0 Å². The maximum atomic E-state index is 3.67. The molecule has 0 amide bonds. The Hall–Kier alpha value is -3.72. The molecule has 128 valence electrons. The van der Waals surface area contributed by atoms with Gasteiger partial charge in [0.25, 0.3) is 0 Å². The molecule has 0 unspecified atom stereocenters. The molecule has 0 radical (unpaired) electrons. The quantitative estimate of drug-likeness (QED) is 0.413. The van der Waals surface area contributed by atoms with E-state index in [1.807, 2.05) is 0 Å². The van der Waals surface area contributed by atoms with Crippen LogP contribution < -0.4 is 5.53 Å².